The van der Waals surface area contributed by atoms with Crippen LogP contribution < -0.4 is 5.32 Å². The van der Waals surface area contributed by atoms with Crippen LogP contribution in [-0.4, -0.2) is 18.0 Å². The largest absolute Gasteiger partial charge is 0.355 e. The summed E-state index contributed by atoms with van der Waals surface area (Å²) in [6.45, 7) is 2.32. The van der Waals surface area contributed by atoms with Crippen LogP contribution >= 0.6 is 0 Å². The van der Waals surface area contributed by atoms with Gasteiger partial charge in [-0.15, -0.1) is 0 Å². The number of piperidine rings is 1. The topological polar surface area (TPSA) is 15.3 Å². The molecule has 0 amide bonds. The van der Waals surface area contributed by atoms with E-state index < -0.39 is 0 Å². The van der Waals surface area contributed by atoms with Gasteiger partial charge in [0.2, 0.25) is 0 Å². The van der Waals surface area contributed by atoms with E-state index in [0.717, 1.165) is 12.5 Å². The average molecular weight is 268 g/mol. The molecular formula is C18H24N2. The highest BCUT2D eigenvalue weighted by Gasteiger charge is 2.33. The molecule has 1 aromatic rings. The molecule has 1 N–H and O–H groups in total. The number of benzene rings is 1. The van der Waals surface area contributed by atoms with E-state index in [2.05, 4.69) is 40.6 Å². The highest BCUT2D eigenvalue weighted by Crippen LogP contribution is 2.39. The Kier molecular flexibility index (Phi) is 3.27. The summed E-state index contributed by atoms with van der Waals surface area (Å²) in [5, 5.41) is 3.76. The lowest BCUT2D eigenvalue weighted by molar-refractivity contribution is 0.142. The quantitative estimate of drug-likeness (QED) is 0.837. The molecule has 1 aromatic carbocycles. The van der Waals surface area contributed by atoms with Crippen molar-refractivity contribution in [2.45, 2.75) is 44.7 Å². The third kappa shape index (κ3) is 2.07. The molecule has 2 atom stereocenters. The smallest absolute Gasteiger partial charge is 0.106 e. The Morgan fingerprint density at radius 1 is 1.10 bits per heavy atom. The first-order valence-electron chi connectivity index (χ1n) is 8.21. The van der Waals surface area contributed by atoms with E-state index >= 15 is 0 Å². The number of allylic oxidation sites excluding steroid dienone is 2. The van der Waals surface area contributed by atoms with Gasteiger partial charge in [-0.1, -0.05) is 30.3 Å². The zero-order chi connectivity index (χ0) is 13.4. The first kappa shape index (κ1) is 12.5. The molecule has 2 aliphatic heterocycles. The summed E-state index contributed by atoms with van der Waals surface area (Å²) in [4.78, 5) is 2.67. The van der Waals surface area contributed by atoms with Gasteiger partial charge in [0.05, 0.1) is 0 Å². The number of likely N-dealkylation sites (tertiary alicyclic amines) is 1. The van der Waals surface area contributed by atoms with Crippen molar-refractivity contribution in [1.29, 1.82) is 0 Å². The third-order valence-electron chi connectivity index (χ3n) is 5.21. The minimum Gasteiger partial charge on any atom is -0.355 e. The Labute approximate surface area is 121 Å². The highest BCUT2D eigenvalue weighted by atomic mass is 15.3. The standard InChI is InChI=1S/C18H24N2/c1-3-9-16-14(6-1)11-12-19-18(16)20-13-5-8-15-7-2-4-10-17(15)20/h1,3,6,9-10,15,18-19H,2,4-5,7-8,11-13H2. The van der Waals surface area contributed by atoms with Crippen LogP contribution in [-0.2, 0) is 6.42 Å². The second-order valence-corrected chi connectivity index (χ2v) is 6.40. The fourth-order valence-corrected chi connectivity index (χ4v) is 4.25. The first-order valence-corrected chi connectivity index (χ1v) is 8.21. The predicted molar refractivity (Wildman–Crippen MR) is 82.3 cm³/mol. The van der Waals surface area contributed by atoms with Gasteiger partial charge >= 0.3 is 0 Å². The monoisotopic (exact) mass is 268 g/mol. The van der Waals surface area contributed by atoms with E-state index in [0.29, 0.717) is 6.17 Å². The maximum absolute atomic E-state index is 3.76. The van der Waals surface area contributed by atoms with Crippen LogP contribution in [0.15, 0.2) is 36.0 Å². The molecule has 0 saturated carbocycles. The summed E-state index contributed by atoms with van der Waals surface area (Å²) >= 11 is 0. The fourth-order valence-electron chi connectivity index (χ4n) is 4.25. The molecule has 0 spiro atoms. The number of hydrogen-bond donors (Lipinski definition) is 1. The zero-order valence-corrected chi connectivity index (χ0v) is 12.1. The zero-order valence-electron chi connectivity index (χ0n) is 12.1. The lowest BCUT2D eigenvalue weighted by Gasteiger charge is -2.46. The van der Waals surface area contributed by atoms with Crippen molar-refractivity contribution >= 4 is 0 Å². The first-order chi connectivity index (χ1) is 9.93. The van der Waals surface area contributed by atoms with Gasteiger partial charge in [-0.05, 0) is 55.6 Å². The number of nitrogens with zero attached hydrogens (tertiary/aromatic N) is 1. The molecule has 2 unspecified atom stereocenters. The summed E-state index contributed by atoms with van der Waals surface area (Å²) in [5.74, 6) is 0.827. The van der Waals surface area contributed by atoms with E-state index in [9.17, 15) is 0 Å². The molecule has 1 saturated heterocycles. The normalized spacial score (nSPS) is 29.4. The molecule has 2 nitrogen and oxygen atoms in total. The average Bonchev–Trinajstić information content (AvgIpc) is 2.54. The van der Waals surface area contributed by atoms with E-state index in [1.165, 1.54) is 56.2 Å². The molecule has 1 fully saturated rings. The molecule has 1 aliphatic carbocycles. The highest BCUT2D eigenvalue weighted by molar-refractivity contribution is 5.33. The summed E-state index contributed by atoms with van der Waals surface area (Å²) in [7, 11) is 0. The maximum atomic E-state index is 3.76. The second-order valence-electron chi connectivity index (χ2n) is 6.40. The van der Waals surface area contributed by atoms with Gasteiger partial charge in [-0.3, -0.25) is 5.32 Å². The SMILES string of the molecule is C1=C2C(CCC1)CCCN2C1NCCc2ccccc21. The van der Waals surface area contributed by atoms with Crippen LogP contribution in [0.2, 0.25) is 0 Å². The molecule has 0 bridgehead atoms. The van der Waals surface area contributed by atoms with Gasteiger partial charge < -0.3 is 4.90 Å². The number of nitrogens with one attached hydrogen (secondary N) is 1. The number of rotatable bonds is 1. The van der Waals surface area contributed by atoms with Gasteiger partial charge in [-0.2, -0.15) is 0 Å². The minimum atomic E-state index is 0.409. The molecule has 3 aliphatic rings. The minimum absolute atomic E-state index is 0.409. The van der Waals surface area contributed by atoms with Gasteiger partial charge in [0.25, 0.3) is 0 Å². The van der Waals surface area contributed by atoms with Crippen LogP contribution in [0.4, 0.5) is 0 Å². The Morgan fingerprint density at radius 2 is 2.00 bits per heavy atom. The van der Waals surface area contributed by atoms with Crippen LogP contribution in [0.1, 0.15) is 49.4 Å². The Morgan fingerprint density at radius 3 is 3.00 bits per heavy atom. The van der Waals surface area contributed by atoms with E-state index in [4.69, 9.17) is 0 Å². The van der Waals surface area contributed by atoms with Crippen molar-refractivity contribution in [3.8, 4) is 0 Å². The van der Waals surface area contributed by atoms with Crippen molar-refractivity contribution in [1.82, 2.24) is 10.2 Å². The molecule has 4 rings (SSSR count). The van der Waals surface area contributed by atoms with Gasteiger partial charge in [-0.25, -0.2) is 0 Å². The Balaban J connectivity index is 1.69. The van der Waals surface area contributed by atoms with E-state index in [1.54, 1.807) is 5.70 Å². The van der Waals surface area contributed by atoms with Crippen molar-refractivity contribution in [3.63, 3.8) is 0 Å². The maximum Gasteiger partial charge on any atom is 0.106 e. The lowest BCUT2D eigenvalue weighted by atomic mass is 9.84. The number of hydrogen-bond acceptors (Lipinski definition) is 2. The second kappa shape index (κ2) is 5.25. The lowest BCUT2D eigenvalue weighted by Crippen LogP contribution is -2.46. The van der Waals surface area contributed by atoms with Gasteiger partial charge in [0.15, 0.2) is 0 Å². The fraction of sp³-hybridized carbons (Fsp3) is 0.556. The molecule has 0 radical (unpaired) electrons. The third-order valence-corrected chi connectivity index (χ3v) is 5.21. The van der Waals surface area contributed by atoms with Crippen LogP contribution in [0.5, 0.6) is 0 Å². The summed E-state index contributed by atoms with van der Waals surface area (Å²) in [6.07, 6.45) is 10.9. The molecule has 2 heterocycles. The van der Waals surface area contributed by atoms with Crippen molar-refractivity contribution < 1.29 is 0 Å². The van der Waals surface area contributed by atoms with Crippen LogP contribution in [0.3, 0.4) is 0 Å². The molecule has 20 heavy (non-hydrogen) atoms. The molecule has 2 heteroatoms. The van der Waals surface area contributed by atoms with Crippen molar-refractivity contribution in [3.05, 3.63) is 47.2 Å². The van der Waals surface area contributed by atoms with Crippen LogP contribution in [0.25, 0.3) is 0 Å². The molecular weight excluding hydrogens is 244 g/mol. The summed E-state index contributed by atoms with van der Waals surface area (Å²) < 4.78 is 0. The van der Waals surface area contributed by atoms with Crippen LogP contribution in [0, 0.1) is 5.92 Å². The number of fused-ring (bicyclic) bond motifs is 2. The van der Waals surface area contributed by atoms with Crippen molar-refractivity contribution in [2.24, 2.45) is 5.92 Å². The Bertz CT molecular complexity index is 520. The molecule has 106 valence electrons. The Hall–Kier alpha value is -1.28. The predicted octanol–water partition coefficient (Wildman–Crippen LogP) is 3.61. The summed E-state index contributed by atoms with van der Waals surface area (Å²) in [6, 6.07) is 8.99. The van der Waals surface area contributed by atoms with E-state index in [-0.39, 0.29) is 0 Å². The van der Waals surface area contributed by atoms with Crippen molar-refractivity contribution in [2.75, 3.05) is 13.1 Å². The van der Waals surface area contributed by atoms with Gasteiger partial charge in [0, 0.05) is 18.8 Å². The summed E-state index contributed by atoms with van der Waals surface area (Å²) in [5.41, 5.74) is 4.68. The van der Waals surface area contributed by atoms with Gasteiger partial charge in [0.1, 0.15) is 6.17 Å². The molecule has 0 aromatic heterocycles. The van der Waals surface area contributed by atoms with E-state index in [1.807, 2.05) is 0 Å².